The fourth-order valence-corrected chi connectivity index (χ4v) is 4.16. The van der Waals surface area contributed by atoms with Gasteiger partial charge in [0.25, 0.3) is 0 Å². The van der Waals surface area contributed by atoms with Crippen molar-refractivity contribution < 1.29 is 13.2 Å². The summed E-state index contributed by atoms with van der Waals surface area (Å²) in [6.45, 7) is 1.92. The maximum Gasteiger partial charge on any atom is 0.209 e. The predicted octanol–water partition coefficient (Wildman–Crippen LogP) is 4.04. The second-order valence-electron chi connectivity index (χ2n) is 5.14. The second-order valence-corrected chi connectivity index (χ2v) is 7.44. The molecule has 0 saturated carbocycles. The van der Waals surface area contributed by atoms with Crippen molar-refractivity contribution in [1.82, 2.24) is 4.98 Å². The monoisotopic (exact) mass is 347 g/mol. The Morgan fingerprint density at radius 2 is 1.91 bits per heavy atom. The van der Waals surface area contributed by atoms with E-state index in [1.807, 2.05) is 25.1 Å². The zero-order chi connectivity index (χ0) is 16.6. The molecule has 0 spiro atoms. The summed E-state index contributed by atoms with van der Waals surface area (Å²) in [4.78, 5) is 4.33. The molecule has 0 fully saturated rings. The van der Waals surface area contributed by atoms with Crippen LogP contribution in [-0.2, 0) is 9.84 Å². The van der Waals surface area contributed by atoms with Gasteiger partial charge in [-0.05, 0) is 37.3 Å². The van der Waals surface area contributed by atoms with E-state index in [2.05, 4.69) is 4.98 Å². The van der Waals surface area contributed by atoms with Crippen LogP contribution in [0.15, 0.2) is 58.5 Å². The van der Waals surface area contributed by atoms with Gasteiger partial charge in [0.1, 0.15) is 10.6 Å². The number of hydrogen-bond donors (Lipinski definition) is 0. The Kier molecular flexibility index (Phi) is 4.00. The molecule has 118 valence electrons. The van der Waals surface area contributed by atoms with Crippen molar-refractivity contribution in [3.8, 4) is 5.75 Å². The number of aryl methyl sites for hydroxylation is 1. The zero-order valence-electron chi connectivity index (χ0n) is 12.6. The van der Waals surface area contributed by atoms with Crippen LogP contribution >= 0.6 is 11.6 Å². The molecule has 0 aliphatic heterocycles. The fourth-order valence-electron chi connectivity index (χ4n) is 2.34. The van der Waals surface area contributed by atoms with Crippen LogP contribution in [0.3, 0.4) is 0 Å². The van der Waals surface area contributed by atoms with Gasteiger partial charge in [0, 0.05) is 11.6 Å². The van der Waals surface area contributed by atoms with Crippen molar-refractivity contribution in [1.29, 1.82) is 0 Å². The SMILES string of the molecule is COc1cccc(S(=O)(=O)c2cnc3ccc(C)cc3c2Cl)c1. The normalized spacial score (nSPS) is 11.6. The van der Waals surface area contributed by atoms with Gasteiger partial charge in [-0.2, -0.15) is 0 Å². The summed E-state index contributed by atoms with van der Waals surface area (Å²) in [7, 11) is -2.30. The largest absolute Gasteiger partial charge is 0.497 e. The number of pyridine rings is 1. The molecule has 0 radical (unpaired) electrons. The molecule has 6 heteroatoms. The van der Waals surface area contributed by atoms with Crippen LogP contribution in [-0.4, -0.2) is 20.5 Å². The van der Waals surface area contributed by atoms with Crippen LogP contribution in [0.1, 0.15) is 5.56 Å². The average molecular weight is 348 g/mol. The molecule has 0 atom stereocenters. The number of benzene rings is 2. The molecule has 0 aliphatic carbocycles. The van der Waals surface area contributed by atoms with Crippen molar-refractivity contribution in [3.05, 3.63) is 59.2 Å². The van der Waals surface area contributed by atoms with Gasteiger partial charge >= 0.3 is 0 Å². The Morgan fingerprint density at radius 1 is 1.13 bits per heavy atom. The molecule has 0 unspecified atom stereocenters. The van der Waals surface area contributed by atoms with Crippen LogP contribution in [0.4, 0.5) is 0 Å². The number of ether oxygens (including phenoxy) is 1. The summed E-state index contributed by atoms with van der Waals surface area (Å²) in [6.07, 6.45) is 1.30. The summed E-state index contributed by atoms with van der Waals surface area (Å²) >= 11 is 6.37. The summed E-state index contributed by atoms with van der Waals surface area (Å²) in [6, 6.07) is 11.8. The smallest absolute Gasteiger partial charge is 0.209 e. The summed E-state index contributed by atoms with van der Waals surface area (Å²) in [5.74, 6) is 0.465. The molecule has 0 aliphatic rings. The molecule has 23 heavy (non-hydrogen) atoms. The van der Waals surface area contributed by atoms with E-state index >= 15 is 0 Å². The van der Waals surface area contributed by atoms with Crippen LogP contribution < -0.4 is 4.74 Å². The highest BCUT2D eigenvalue weighted by molar-refractivity contribution is 7.91. The highest BCUT2D eigenvalue weighted by atomic mass is 35.5. The van der Waals surface area contributed by atoms with E-state index in [0.717, 1.165) is 5.56 Å². The molecule has 3 rings (SSSR count). The third-order valence-electron chi connectivity index (χ3n) is 3.57. The zero-order valence-corrected chi connectivity index (χ0v) is 14.1. The molecule has 1 aromatic heterocycles. The number of fused-ring (bicyclic) bond motifs is 1. The topological polar surface area (TPSA) is 56.3 Å². The molecule has 0 amide bonds. The molecule has 0 saturated heterocycles. The van der Waals surface area contributed by atoms with E-state index in [4.69, 9.17) is 16.3 Å². The number of aromatic nitrogens is 1. The van der Waals surface area contributed by atoms with Crippen molar-refractivity contribution >= 4 is 32.3 Å². The molecule has 0 bridgehead atoms. The number of halogens is 1. The Labute approximate surface area is 139 Å². The van der Waals surface area contributed by atoms with Crippen molar-refractivity contribution in [2.75, 3.05) is 7.11 Å². The molecular formula is C17H14ClNO3S. The van der Waals surface area contributed by atoms with Gasteiger partial charge in [-0.25, -0.2) is 8.42 Å². The van der Waals surface area contributed by atoms with Gasteiger partial charge in [0.05, 0.1) is 22.5 Å². The van der Waals surface area contributed by atoms with Gasteiger partial charge < -0.3 is 4.74 Å². The Hall–Kier alpha value is -2.11. The molecule has 1 heterocycles. The van der Waals surface area contributed by atoms with Crippen LogP contribution in [0.2, 0.25) is 5.02 Å². The van der Waals surface area contributed by atoms with Gasteiger partial charge in [-0.3, -0.25) is 4.98 Å². The highest BCUT2D eigenvalue weighted by Crippen LogP contribution is 2.33. The van der Waals surface area contributed by atoms with E-state index in [9.17, 15) is 8.42 Å². The Bertz CT molecular complexity index is 1000. The lowest BCUT2D eigenvalue weighted by Gasteiger charge is -2.10. The maximum absolute atomic E-state index is 12.9. The van der Waals surface area contributed by atoms with Gasteiger partial charge in [-0.15, -0.1) is 0 Å². The quantitative estimate of drug-likeness (QED) is 0.717. The van der Waals surface area contributed by atoms with E-state index in [-0.39, 0.29) is 14.8 Å². The third kappa shape index (κ3) is 2.78. The van der Waals surface area contributed by atoms with E-state index in [1.165, 1.54) is 25.4 Å². The number of methoxy groups -OCH3 is 1. The molecule has 0 N–H and O–H groups in total. The van der Waals surface area contributed by atoms with Crippen molar-refractivity contribution in [2.45, 2.75) is 16.7 Å². The lowest BCUT2D eigenvalue weighted by atomic mass is 10.1. The van der Waals surface area contributed by atoms with E-state index in [1.54, 1.807) is 12.1 Å². The van der Waals surface area contributed by atoms with E-state index in [0.29, 0.717) is 16.7 Å². The maximum atomic E-state index is 12.9. The van der Waals surface area contributed by atoms with Crippen molar-refractivity contribution in [3.63, 3.8) is 0 Å². The summed E-state index contributed by atoms with van der Waals surface area (Å²) in [5, 5.41) is 0.803. The van der Waals surface area contributed by atoms with Gasteiger partial charge in [-0.1, -0.05) is 29.3 Å². The third-order valence-corrected chi connectivity index (χ3v) is 5.85. The number of nitrogens with zero attached hydrogens (tertiary/aromatic N) is 1. The predicted molar refractivity (Wildman–Crippen MR) is 89.9 cm³/mol. The molecule has 2 aromatic carbocycles. The lowest BCUT2D eigenvalue weighted by molar-refractivity contribution is 0.413. The Morgan fingerprint density at radius 3 is 2.65 bits per heavy atom. The van der Waals surface area contributed by atoms with Crippen LogP contribution in [0, 0.1) is 6.92 Å². The second kappa shape index (κ2) is 5.83. The average Bonchev–Trinajstić information content (AvgIpc) is 2.55. The minimum Gasteiger partial charge on any atom is -0.497 e. The van der Waals surface area contributed by atoms with Crippen molar-refractivity contribution in [2.24, 2.45) is 0 Å². The minimum atomic E-state index is -3.78. The number of rotatable bonds is 3. The Balaban J connectivity index is 2.24. The number of sulfone groups is 1. The lowest BCUT2D eigenvalue weighted by Crippen LogP contribution is -2.04. The molecule has 4 nitrogen and oxygen atoms in total. The molecular weight excluding hydrogens is 334 g/mol. The first-order valence-corrected chi connectivity index (χ1v) is 8.73. The van der Waals surface area contributed by atoms with Gasteiger partial charge in [0.15, 0.2) is 0 Å². The van der Waals surface area contributed by atoms with Gasteiger partial charge in [0.2, 0.25) is 9.84 Å². The van der Waals surface area contributed by atoms with E-state index < -0.39 is 9.84 Å². The van der Waals surface area contributed by atoms with Crippen LogP contribution in [0.25, 0.3) is 10.9 Å². The minimum absolute atomic E-state index is 0.00878. The first-order chi connectivity index (χ1) is 10.9. The number of hydrogen-bond acceptors (Lipinski definition) is 4. The molecule has 3 aromatic rings. The first-order valence-electron chi connectivity index (χ1n) is 6.87. The fraction of sp³-hybridized carbons (Fsp3) is 0.118. The standard InChI is InChI=1S/C17H14ClNO3S/c1-11-6-7-15-14(8-11)17(18)16(10-19-15)23(20,21)13-5-3-4-12(9-13)22-2/h3-10H,1-2H3. The highest BCUT2D eigenvalue weighted by Gasteiger charge is 2.23. The summed E-state index contributed by atoms with van der Waals surface area (Å²) < 4.78 is 30.8. The van der Waals surface area contributed by atoms with Crippen LogP contribution in [0.5, 0.6) is 5.75 Å². The summed E-state index contributed by atoms with van der Waals surface area (Å²) in [5.41, 5.74) is 1.64. The first kappa shape index (κ1) is 15.8.